The van der Waals surface area contributed by atoms with Gasteiger partial charge in [-0.2, -0.15) is 5.10 Å². The minimum atomic E-state index is 0.719. The van der Waals surface area contributed by atoms with Crippen molar-refractivity contribution < 1.29 is 4.74 Å². The Bertz CT molecular complexity index is 984. The van der Waals surface area contributed by atoms with Crippen LogP contribution in [0.2, 0.25) is 0 Å². The molecule has 23 heavy (non-hydrogen) atoms. The molecule has 0 amide bonds. The van der Waals surface area contributed by atoms with Crippen molar-refractivity contribution in [3.63, 3.8) is 0 Å². The van der Waals surface area contributed by atoms with E-state index in [1.165, 1.54) is 0 Å². The first-order valence-corrected chi connectivity index (χ1v) is 7.40. The second-order valence-electron chi connectivity index (χ2n) is 5.54. The number of ether oxygens (including phenoxy) is 1. The Morgan fingerprint density at radius 2 is 2.04 bits per heavy atom. The van der Waals surface area contributed by atoms with E-state index in [0.717, 1.165) is 39.2 Å². The molecular formula is C18H16N4O. The van der Waals surface area contributed by atoms with Crippen molar-refractivity contribution in [1.82, 2.24) is 19.7 Å². The van der Waals surface area contributed by atoms with Gasteiger partial charge in [0.25, 0.3) is 0 Å². The monoisotopic (exact) mass is 304 g/mol. The molecular weight excluding hydrogens is 288 g/mol. The highest BCUT2D eigenvalue weighted by atomic mass is 16.5. The lowest BCUT2D eigenvalue weighted by molar-refractivity contribution is 0.477. The number of aromatic amines is 1. The maximum absolute atomic E-state index is 5.99. The van der Waals surface area contributed by atoms with Crippen molar-refractivity contribution in [3.8, 4) is 22.6 Å². The standard InChI is InChI=1S/C18H16N4O/c1-12-5-3-4-6-17(12)23-14-7-15-16(10-20-18(15)19-9-14)13-8-21-22(2)11-13/h3-11H,1-2H3,(H,19,20). The first-order valence-electron chi connectivity index (χ1n) is 7.40. The van der Waals surface area contributed by atoms with E-state index in [0.29, 0.717) is 0 Å². The Kier molecular flexibility index (Phi) is 3.12. The smallest absolute Gasteiger partial charge is 0.146 e. The predicted octanol–water partition coefficient (Wildman–Crippen LogP) is 4.06. The molecule has 0 saturated heterocycles. The van der Waals surface area contributed by atoms with Crippen LogP contribution in [-0.2, 0) is 7.05 Å². The Labute approximate surface area is 133 Å². The van der Waals surface area contributed by atoms with E-state index in [1.54, 1.807) is 10.9 Å². The van der Waals surface area contributed by atoms with Gasteiger partial charge in [0.15, 0.2) is 0 Å². The molecule has 0 saturated carbocycles. The van der Waals surface area contributed by atoms with Crippen LogP contribution < -0.4 is 4.74 Å². The van der Waals surface area contributed by atoms with Crippen LogP contribution in [0.3, 0.4) is 0 Å². The summed E-state index contributed by atoms with van der Waals surface area (Å²) in [6.45, 7) is 2.03. The van der Waals surface area contributed by atoms with Gasteiger partial charge in [-0.25, -0.2) is 4.98 Å². The molecule has 5 nitrogen and oxygen atoms in total. The summed E-state index contributed by atoms with van der Waals surface area (Å²) in [6.07, 6.45) is 7.51. The molecule has 0 bridgehead atoms. The highest BCUT2D eigenvalue weighted by Crippen LogP contribution is 2.31. The number of aromatic nitrogens is 4. The van der Waals surface area contributed by atoms with Crippen LogP contribution in [0.4, 0.5) is 0 Å². The van der Waals surface area contributed by atoms with Crippen molar-refractivity contribution in [2.45, 2.75) is 6.92 Å². The molecule has 1 N–H and O–H groups in total. The summed E-state index contributed by atoms with van der Waals surface area (Å²) >= 11 is 0. The third-order valence-corrected chi connectivity index (χ3v) is 3.84. The third-order valence-electron chi connectivity index (χ3n) is 3.84. The number of pyridine rings is 1. The quantitative estimate of drug-likeness (QED) is 0.621. The van der Waals surface area contributed by atoms with E-state index in [1.807, 2.05) is 62.9 Å². The van der Waals surface area contributed by atoms with E-state index in [4.69, 9.17) is 4.74 Å². The SMILES string of the molecule is Cc1ccccc1Oc1cnc2[nH]cc(-c3cnn(C)c3)c2c1. The van der Waals surface area contributed by atoms with Crippen LogP contribution in [0.1, 0.15) is 5.56 Å². The number of nitrogens with zero attached hydrogens (tertiary/aromatic N) is 3. The predicted molar refractivity (Wildman–Crippen MR) is 89.5 cm³/mol. The largest absolute Gasteiger partial charge is 0.455 e. The maximum atomic E-state index is 5.99. The fraction of sp³-hybridized carbons (Fsp3) is 0.111. The summed E-state index contributed by atoms with van der Waals surface area (Å²) in [5.74, 6) is 1.56. The van der Waals surface area contributed by atoms with Crippen LogP contribution in [0, 0.1) is 6.92 Å². The van der Waals surface area contributed by atoms with Gasteiger partial charge in [-0.1, -0.05) is 18.2 Å². The minimum Gasteiger partial charge on any atom is -0.455 e. The summed E-state index contributed by atoms with van der Waals surface area (Å²) in [7, 11) is 1.91. The lowest BCUT2D eigenvalue weighted by Crippen LogP contribution is -1.88. The van der Waals surface area contributed by atoms with Gasteiger partial charge in [-0.05, 0) is 24.6 Å². The van der Waals surface area contributed by atoms with Gasteiger partial charge in [0.2, 0.25) is 0 Å². The van der Waals surface area contributed by atoms with Crippen LogP contribution in [0.15, 0.2) is 55.1 Å². The molecule has 0 aliphatic carbocycles. The van der Waals surface area contributed by atoms with E-state index in [2.05, 4.69) is 15.1 Å². The van der Waals surface area contributed by atoms with Crippen molar-refractivity contribution in [2.24, 2.45) is 7.05 Å². The van der Waals surface area contributed by atoms with Crippen LogP contribution in [-0.4, -0.2) is 19.7 Å². The first-order chi connectivity index (χ1) is 11.2. The molecule has 0 unspecified atom stereocenters. The molecule has 0 fully saturated rings. The van der Waals surface area contributed by atoms with E-state index < -0.39 is 0 Å². The summed E-state index contributed by atoms with van der Waals surface area (Å²) < 4.78 is 7.77. The van der Waals surface area contributed by atoms with Gasteiger partial charge >= 0.3 is 0 Å². The topological polar surface area (TPSA) is 55.7 Å². The third kappa shape index (κ3) is 2.46. The molecule has 0 atom stereocenters. The van der Waals surface area contributed by atoms with Gasteiger partial charge in [-0.3, -0.25) is 4.68 Å². The summed E-state index contributed by atoms with van der Waals surface area (Å²) in [4.78, 5) is 7.65. The molecule has 0 radical (unpaired) electrons. The van der Waals surface area contributed by atoms with Crippen LogP contribution in [0.25, 0.3) is 22.2 Å². The number of rotatable bonds is 3. The van der Waals surface area contributed by atoms with E-state index in [9.17, 15) is 0 Å². The van der Waals surface area contributed by atoms with Crippen molar-refractivity contribution >= 4 is 11.0 Å². The van der Waals surface area contributed by atoms with Crippen molar-refractivity contribution in [2.75, 3.05) is 0 Å². The second-order valence-corrected chi connectivity index (χ2v) is 5.54. The zero-order valence-corrected chi connectivity index (χ0v) is 12.9. The fourth-order valence-electron chi connectivity index (χ4n) is 2.64. The lowest BCUT2D eigenvalue weighted by atomic mass is 10.1. The molecule has 0 aliphatic rings. The van der Waals surface area contributed by atoms with Gasteiger partial charge in [0.05, 0.1) is 12.4 Å². The fourth-order valence-corrected chi connectivity index (χ4v) is 2.64. The van der Waals surface area contributed by atoms with Crippen LogP contribution in [0.5, 0.6) is 11.5 Å². The normalized spacial score (nSPS) is 11.0. The average molecular weight is 304 g/mol. The number of hydrogen-bond donors (Lipinski definition) is 1. The second kappa shape index (κ2) is 5.28. The number of aryl methyl sites for hydroxylation is 2. The zero-order valence-electron chi connectivity index (χ0n) is 12.9. The molecule has 0 spiro atoms. The van der Waals surface area contributed by atoms with E-state index >= 15 is 0 Å². The maximum Gasteiger partial charge on any atom is 0.146 e. The number of benzene rings is 1. The van der Waals surface area contributed by atoms with Gasteiger partial charge in [-0.15, -0.1) is 0 Å². The number of para-hydroxylation sites is 1. The van der Waals surface area contributed by atoms with Crippen molar-refractivity contribution in [3.05, 3.63) is 60.7 Å². The Morgan fingerprint density at radius 3 is 2.83 bits per heavy atom. The summed E-state index contributed by atoms with van der Waals surface area (Å²) in [6, 6.07) is 9.95. The van der Waals surface area contributed by atoms with Crippen molar-refractivity contribution in [1.29, 1.82) is 0 Å². The molecule has 1 aromatic carbocycles. The molecule has 3 heterocycles. The molecule has 3 aromatic heterocycles. The highest BCUT2D eigenvalue weighted by molar-refractivity contribution is 5.93. The van der Waals surface area contributed by atoms with E-state index in [-0.39, 0.29) is 0 Å². The van der Waals surface area contributed by atoms with Crippen LogP contribution >= 0.6 is 0 Å². The molecule has 4 aromatic rings. The molecule has 5 heteroatoms. The summed E-state index contributed by atoms with van der Waals surface area (Å²) in [5, 5.41) is 5.25. The Hall–Kier alpha value is -3.08. The molecule has 114 valence electrons. The van der Waals surface area contributed by atoms with Gasteiger partial charge in [0, 0.05) is 36.0 Å². The average Bonchev–Trinajstić information content (AvgIpc) is 3.15. The van der Waals surface area contributed by atoms with Gasteiger partial charge in [0.1, 0.15) is 17.1 Å². The first kappa shape index (κ1) is 13.6. The molecule has 0 aliphatic heterocycles. The highest BCUT2D eigenvalue weighted by Gasteiger charge is 2.10. The lowest BCUT2D eigenvalue weighted by Gasteiger charge is -2.08. The summed E-state index contributed by atoms with van der Waals surface area (Å²) in [5.41, 5.74) is 4.04. The number of fused-ring (bicyclic) bond motifs is 1. The number of hydrogen-bond acceptors (Lipinski definition) is 3. The Morgan fingerprint density at radius 1 is 1.17 bits per heavy atom. The molecule has 4 rings (SSSR count). The number of nitrogens with one attached hydrogen (secondary N) is 1. The number of H-pyrrole nitrogens is 1. The van der Waals surface area contributed by atoms with Gasteiger partial charge < -0.3 is 9.72 Å². The zero-order chi connectivity index (χ0) is 15.8. The minimum absolute atomic E-state index is 0.719. The Balaban J connectivity index is 1.77.